The molecule has 4 unspecified atom stereocenters. The number of fused-ring (bicyclic) bond motifs is 1. The second kappa shape index (κ2) is 5.45. The van der Waals surface area contributed by atoms with Gasteiger partial charge in [-0.25, -0.2) is 0 Å². The van der Waals surface area contributed by atoms with E-state index in [4.69, 9.17) is 4.74 Å². The number of benzene rings is 1. The Morgan fingerprint density at radius 3 is 2.84 bits per heavy atom. The summed E-state index contributed by atoms with van der Waals surface area (Å²) in [5, 5.41) is 25.6. The predicted molar refractivity (Wildman–Crippen MR) is 96.0 cm³/mol. The Morgan fingerprint density at radius 2 is 2.08 bits per heavy atom. The van der Waals surface area contributed by atoms with Gasteiger partial charge in [-0.1, -0.05) is 0 Å². The topological polar surface area (TPSA) is 61.7 Å². The number of hydrogen-bond acceptors (Lipinski definition) is 4. The number of methoxy groups -OCH3 is 1. The Labute approximate surface area is 149 Å². The quantitative estimate of drug-likeness (QED) is 0.786. The van der Waals surface area contributed by atoms with E-state index in [2.05, 4.69) is 17.4 Å². The lowest BCUT2D eigenvalue weighted by Gasteiger charge is -2.62. The third-order valence-corrected chi connectivity index (χ3v) is 7.48. The maximum absolute atomic E-state index is 11.8. The maximum atomic E-state index is 11.8. The molecule has 3 N–H and O–H groups in total. The van der Waals surface area contributed by atoms with Crippen molar-refractivity contribution >= 4 is 0 Å². The first kappa shape index (κ1) is 16.1. The van der Waals surface area contributed by atoms with Gasteiger partial charge in [0.1, 0.15) is 5.75 Å². The van der Waals surface area contributed by atoms with Crippen LogP contribution in [0, 0.1) is 5.92 Å². The average molecular weight is 343 g/mol. The first-order valence-corrected chi connectivity index (χ1v) is 9.90. The lowest BCUT2D eigenvalue weighted by atomic mass is 9.49. The van der Waals surface area contributed by atoms with Crippen molar-refractivity contribution in [2.75, 3.05) is 13.7 Å². The SMILES string of the molecule is COc1cc(CC2CC2)c2c(c1)C13CCNC(C2)C1(O)CC(O)CC3. The van der Waals surface area contributed by atoms with E-state index >= 15 is 0 Å². The molecule has 4 nitrogen and oxygen atoms in total. The van der Waals surface area contributed by atoms with E-state index in [1.54, 1.807) is 7.11 Å². The van der Waals surface area contributed by atoms with Gasteiger partial charge in [0, 0.05) is 17.9 Å². The summed E-state index contributed by atoms with van der Waals surface area (Å²) in [6, 6.07) is 4.47. The van der Waals surface area contributed by atoms with Crippen LogP contribution < -0.4 is 10.1 Å². The molecule has 0 radical (unpaired) electrons. The summed E-state index contributed by atoms with van der Waals surface area (Å²) in [6.45, 7) is 0.942. The predicted octanol–water partition coefficient (Wildman–Crippen LogP) is 2.08. The van der Waals surface area contributed by atoms with Crippen molar-refractivity contribution in [3.8, 4) is 5.75 Å². The number of rotatable bonds is 3. The molecular formula is C21H29NO3. The number of aliphatic hydroxyl groups is 2. The Bertz CT molecular complexity index is 701. The number of aliphatic hydroxyl groups excluding tert-OH is 1. The maximum Gasteiger partial charge on any atom is 0.119 e. The van der Waals surface area contributed by atoms with Gasteiger partial charge in [0.2, 0.25) is 0 Å². The fourth-order valence-electron chi connectivity index (χ4n) is 5.98. The minimum Gasteiger partial charge on any atom is -0.497 e. The van der Waals surface area contributed by atoms with Crippen molar-refractivity contribution in [1.82, 2.24) is 5.32 Å². The highest BCUT2D eigenvalue weighted by Gasteiger charge is 2.63. The molecule has 1 aromatic carbocycles. The molecule has 4 heteroatoms. The van der Waals surface area contributed by atoms with Crippen LogP contribution in [0.25, 0.3) is 0 Å². The number of nitrogens with one attached hydrogen (secondary N) is 1. The smallest absolute Gasteiger partial charge is 0.119 e. The monoisotopic (exact) mass is 343 g/mol. The molecule has 2 bridgehead atoms. The van der Waals surface area contributed by atoms with Crippen LogP contribution in [0.1, 0.15) is 55.2 Å². The van der Waals surface area contributed by atoms with Crippen LogP contribution in [0.3, 0.4) is 0 Å². The van der Waals surface area contributed by atoms with E-state index in [-0.39, 0.29) is 11.5 Å². The van der Waals surface area contributed by atoms with Crippen molar-refractivity contribution in [3.63, 3.8) is 0 Å². The lowest BCUT2D eigenvalue weighted by molar-refractivity contribution is -0.150. The fraction of sp³-hybridized carbons (Fsp3) is 0.714. The van der Waals surface area contributed by atoms with Crippen molar-refractivity contribution in [2.45, 2.75) is 74.5 Å². The van der Waals surface area contributed by atoms with Gasteiger partial charge in [0.25, 0.3) is 0 Å². The minimum absolute atomic E-state index is 0.0510. The third-order valence-electron chi connectivity index (χ3n) is 7.48. The molecule has 1 aromatic rings. The van der Waals surface area contributed by atoms with Crippen LogP contribution in [-0.4, -0.2) is 41.6 Å². The largest absolute Gasteiger partial charge is 0.497 e. The van der Waals surface area contributed by atoms with Crippen molar-refractivity contribution in [1.29, 1.82) is 0 Å². The summed E-state index contributed by atoms with van der Waals surface area (Å²) in [5.74, 6) is 1.75. The van der Waals surface area contributed by atoms with Crippen molar-refractivity contribution in [2.24, 2.45) is 5.92 Å². The van der Waals surface area contributed by atoms with E-state index in [1.807, 2.05) is 0 Å². The van der Waals surface area contributed by atoms with Crippen LogP contribution in [0.4, 0.5) is 0 Å². The molecule has 0 spiro atoms. The number of piperidine rings is 1. The first-order valence-electron chi connectivity index (χ1n) is 9.90. The molecule has 1 saturated heterocycles. The summed E-state index contributed by atoms with van der Waals surface area (Å²) in [4.78, 5) is 0. The highest BCUT2D eigenvalue weighted by Crippen LogP contribution is 2.57. The van der Waals surface area contributed by atoms with Crippen LogP contribution in [0.2, 0.25) is 0 Å². The standard InChI is InChI=1S/C21H29NO3/c1-25-16-9-14(8-13-2-3-13)17-11-19-21(24)12-15(23)4-5-20(21,6-7-22-19)18(17)10-16/h9-10,13,15,19,22-24H,2-8,11-12H2,1H3. The van der Waals surface area contributed by atoms with Gasteiger partial charge in [-0.2, -0.15) is 0 Å². The summed E-state index contributed by atoms with van der Waals surface area (Å²) in [7, 11) is 1.74. The molecule has 4 atom stereocenters. The molecule has 1 aliphatic heterocycles. The normalized spacial score (nSPS) is 39.5. The molecule has 25 heavy (non-hydrogen) atoms. The number of hydrogen-bond donors (Lipinski definition) is 3. The molecule has 136 valence electrons. The average Bonchev–Trinajstić information content (AvgIpc) is 3.38. The first-order chi connectivity index (χ1) is 12.1. The fourth-order valence-corrected chi connectivity index (χ4v) is 5.98. The molecule has 4 aliphatic rings. The summed E-state index contributed by atoms with van der Waals surface area (Å²) in [5.41, 5.74) is 3.11. The van der Waals surface area contributed by atoms with E-state index in [1.165, 1.54) is 29.5 Å². The van der Waals surface area contributed by atoms with Gasteiger partial charge >= 0.3 is 0 Å². The Balaban J connectivity index is 1.69. The molecule has 3 aliphatic carbocycles. The van der Waals surface area contributed by atoms with Crippen LogP contribution in [0.15, 0.2) is 12.1 Å². The third kappa shape index (κ3) is 2.23. The van der Waals surface area contributed by atoms with E-state index in [0.717, 1.165) is 50.3 Å². The molecular weight excluding hydrogens is 314 g/mol. The summed E-state index contributed by atoms with van der Waals surface area (Å²) >= 11 is 0. The zero-order chi connectivity index (χ0) is 17.2. The Kier molecular flexibility index (Phi) is 3.51. The highest BCUT2D eigenvalue weighted by atomic mass is 16.5. The zero-order valence-electron chi connectivity index (χ0n) is 15.1. The summed E-state index contributed by atoms with van der Waals surface area (Å²) in [6.07, 6.45) is 7.38. The molecule has 2 saturated carbocycles. The molecule has 0 amide bonds. The van der Waals surface area contributed by atoms with Gasteiger partial charge in [0.15, 0.2) is 0 Å². The number of ether oxygens (including phenoxy) is 1. The van der Waals surface area contributed by atoms with Crippen molar-refractivity contribution in [3.05, 3.63) is 28.8 Å². The highest BCUT2D eigenvalue weighted by molar-refractivity contribution is 5.52. The van der Waals surface area contributed by atoms with Gasteiger partial charge < -0.3 is 20.3 Å². The van der Waals surface area contributed by atoms with Gasteiger partial charge in [-0.05, 0) is 86.2 Å². The van der Waals surface area contributed by atoms with Crippen molar-refractivity contribution < 1.29 is 14.9 Å². The summed E-state index contributed by atoms with van der Waals surface area (Å²) < 4.78 is 5.64. The van der Waals surface area contributed by atoms with Crippen LogP contribution in [-0.2, 0) is 18.3 Å². The Hall–Kier alpha value is -1.10. The van der Waals surface area contributed by atoms with E-state index in [0.29, 0.717) is 6.42 Å². The van der Waals surface area contributed by atoms with Gasteiger partial charge in [0.05, 0.1) is 18.8 Å². The Morgan fingerprint density at radius 1 is 1.24 bits per heavy atom. The molecule has 5 rings (SSSR count). The lowest BCUT2D eigenvalue weighted by Crippen LogP contribution is -2.73. The van der Waals surface area contributed by atoms with Crippen LogP contribution in [0.5, 0.6) is 5.75 Å². The molecule has 0 aromatic heterocycles. The zero-order valence-corrected chi connectivity index (χ0v) is 15.1. The van der Waals surface area contributed by atoms with E-state index in [9.17, 15) is 10.2 Å². The van der Waals surface area contributed by atoms with Gasteiger partial charge in [-0.3, -0.25) is 0 Å². The van der Waals surface area contributed by atoms with Crippen LogP contribution >= 0.6 is 0 Å². The second-order valence-electron chi connectivity index (χ2n) is 8.82. The van der Waals surface area contributed by atoms with E-state index < -0.39 is 11.7 Å². The second-order valence-corrected chi connectivity index (χ2v) is 8.82. The minimum atomic E-state index is -0.848. The van der Waals surface area contributed by atoms with Gasteiger partial charge in [-0.15, -0.1) is 0 Å². The molecule has 3 fully saturated rings. The molecule has 1 heterocycles.